The van der Waals surface area contributed by atoms with E-state index in [0.29, 0.717) is 17.8 Å². The van der Waals surface area contributed by atoms with Crippen LogP contribution in [-0.4, -0.2) is 27.8 Å². The third-order valence-electron chi connectivity index (χ3n) is 4.25. The van der Waals surface area contributed by atoms with E-state index in [0.717, 1.165) is 17.0 Å². The van der Waals surface area contributed by atoms with Crippen molar-refractivity contribution < 1.29 is 9.53 Å². The maximum Gasteiger partial charge on any atom is 0.340 e. The molecule has 0 N–H and O–H groups in total. The molecule has 3 aromatic rings. The maximum absolute atomic E-state index is 12.3. The SMILES string of the molecule is COC(=O)/C(=C\c1c(C)nn(Cc2ccccc2)c1C)c1ccccn1. The number of rotatable bonds is 5. The molecule has 0 amide bonds. The third-order valence-corrected chi connectivity index (χ3v) is 4.25. The Bertz CT molecular complexity index is 929. The van der Waals surface area contributed by atoms with Gasteiger partial charge in [0.15, 0.2) is 0 Å². The highest BCUT2D eigenvalue weighted by atomic mass is 16.5. The lowest BCUT2D eigenvalue weighted by Crippen LogP contribution is -2.06. The Morgan fingerprint density at radius 2 is 1.85 bits per heavy atom. The average molecular weight is 347 g/mol. The Morgan fingerprint density at radius 1 is 1.12 bits per heavy atom. The number of ether oxygens (including phenoxy) is 1. The number of hydrogen-bond donors (Lipinski definition) is 0. The van der Waals surface area contributed by atoms with Crippen LogP contribution in [0.5, 0.6) is 0 Å². The van der Waals surface area contributed by atoms with Crippen molar-refractivity contribution >= 4 is 17.6 Å². The summed E-state index contributed by atoms with van der Waals surface area (Å²) in [5.74, 6) is -0.418. The molecule has 0 saturated heterocycles. The molecule has 2 heterocycles. The fourth-order valence-corrected chi connectivity index (χ4v) is 2.84. The Labute approximate surface area is 153 Å². The number of aryl methyl sites for hydroxylation is 1. The molecule has 5 nitrogen and oxygen atoms in total. The molecule has 0 saturated carbocycles. The second-order valence-electron chi connectivity index (χ2n) is 5.99. The van der Waals surface area contributed by atoms with Gasteiger partial charge in [0.25, 0.3) is 0 Å². The molecule has 1 aromatic carbocycles. The van der Waals surface area contributed by atoms with Crippen molar-refractivity contribution in [2.75, 3.05) is 7.11 Å². The van der Waals surface area contributed by atoms with Gasteiger partial charge in [-0.3, -0.25) is 9.67 Å². The summed E-state index contributed by atoms with van der Waals surface area (Å²) in [6.45, 7) is 4.62. The van der Waals surface area contributed by atoms with Gasteiger partial charge in [0.2, 0.25) is 0 Å². The molecule has 132 valence electrons. The molecule has 0 unspecified atom stereocenters. The number of methoxy groups -OCH3 is 1. The molecule has 0 atom stereocenters. The number of esters is 1. The zero-order chi connectivity index (χ0) is 18.5. The molecule has 0 aliphatic heterocycles. The van der Waals surface area contributed by atoms with Crippen LogP contribution in [0.4, 0.5) is 0 Å². The maximum atomic E-state index is 12.3. The van der Waals surface area contributed by atoms with E-state index in [9.17, 15) is 4.79 Å². The van der Waals surface area contributed by atoms with Gasteiger partial charge < -0.3 is 4.74 Å². The van der Waals surface area contributed by atoms with Gasteiger partial charge in [0.05, 0.1) is 30.6 Å². The summed E-state index contributed by atoms with van der Waals surface area (Å²) in [6.07, 6.45) is 3.47. The minimum Gasteiger partial charge on any atom is -0.465 e. The number of nitrogens with zero attached hydrogens (tertiary/aromatic N) is 3. The van der Waals surface area contributed by atoms with E-state index in [4.69, 9.17) is 4.74 Å². The summed E-state index contributed by atoms with van der Waals surface area (Å²) in [4.78, 5) is 16.6. The first-order valence-corrected chi connectivity index (χ1v) is 8.39. The number of aromatic nitrogens is 3. The van der Waals surface area contributed by atoms with Crippen molar-refractivity contribution in [3.05, 3.63) is 82.9 Å². The summed E-state index contributed by atoms with van der Waals surface area (Å²) in [7, 11) is 1.37. The van der Waals surface area contributed by atoms with E-state index < -0.39 is 5.97 Å². The molecule has 0 radical (unpaired) electrons. The number of pyridine rings is 1. The van der Waals surface area contributed by atoms with Crippen LogP contribution in [0.2, 0.25) is 0 Å². The molecule has 0 aliphatic carbocycles. The van der Waals surface area contributed by atoms with Crippen LogP contribution in [0, 0.1) is 13.8 Å². The lowest BCUT2D eigenvalue weighted by Gasteiger charge is -2.06. The van der Waals surface area contributed by atoms with Crippen molar-refractivity contribution in [1.82, 2.24) is 14.8 Å². The predicted octanol–water partition coefficient (Wildman–Crippen LogP) is 3.66. The van der Waals surface area contributed by atoms with Gasteiger partial charge in [-0.25, -0.2) is 4.79 Å². The molecular formula is C21H21N3O2. The van der Waals surface area contributed by atoms with Crippen molar-refractivity contribution in [3.63, 3.8) is 0 Å². The minimum absolute atomic E-state index is 0.415. The van der Waals surface area contributed by atoms with Crippen LogP contribution in [0.3, 0.4) is 0 Å². The lowest BCUT2D eigenvalue weighted by molar-refractivity contribution is -0.133. The molecule has 26 heavy (non-hydrogen) atoms. The van der Waals surface area contributed by atoms with E-state index in [1.165, 1.54) is 12.7 Å². The molecule has 0 bridgehead atoms. The van der Waals surface area contributed by atoms with Gasteiger partial charge in [-0.2, -0.15) is 5.10 Å². The smallest absolute Gasteiger partial charge is 0.340 e. The first-order chi connectivity index (χ1) is 12.6. The van der Waals surface area contributed by atoms with Crippen LogP contribution in [0.1, 0.15) is 28.2 Å². The Kier molecular flexibility index (Phi) is 5.27. The normalized spacial score (nSPS) is 11.4. The highest BCUT2D eigenvalue weighted by Gasteiger charge is 2.17. The average Bonchev–Trinajstić information content (AvgIpc) is 2.94. The van der Waals surface area contributed by atoms with E-state index in [2.05, 4.69) is 22.2 Å². The van der Waals surface area contributed by atoms with Crippen LogP contribution >= 0.6 is 0 Å². The number of benzene rings is 1. The van der Waals surface area contributed by atoms with Crippen LogP contribution in [0.25, 0.3) is 11.6 Å². The first-order valence-electron chi connectivity index (χ1n) is 8.39. The molecule has 0 spiro atoms. The largest absolute Gasteiger partial charge is 0.465 e. The lowest BCUT2D eigenvalue weighted by atomic mass is 10.1. The molecule has 0 aliphatic rings. The summed E-state index contributed by atoms with van der Waals surface area (Å²) < 4.78 is 6.89. The second-order valence-corrected chi connectivity index (χ2v) is 5.99. The highest BCUT2D eigenvalue weighted by Crippen LogP contribution is 2.23. The van der Waals surface area contributed by atoms with Gasteiger partial charge in [0, 0.05) is 17.5 Å². The van der Waals surface area contributed by atoms with E-state index in [1.54, 1.807) is 12.3 Å². The van der Waals surface area contributed by atoms with Crippen molar-refractivity contribution in [1.29, 1.82) is 0 Å². The van der Waals surface area contributed by atoms with E-state index in [1.807, 2.05) is 54.9 Å². The first kappa shape index (κ1) is 17.6. The van der Waals surface area contributed by atoms with Gasteiger partial charge in [-0.05, 0) is 37.6 Å². The highest BCUT2D eigenvalue weighted by molar-refractivity contribution is 6.21. The van der Waals surface area contributed by atoms with E-state index >= 15 is 0 Å². The van der Waals surface area contributed by atoms with Crippen molar-refractivity contribution in [2.45, 2.75) is 20.4 Å². The molecule has 3 rings (SSSR count). The van der Waals surface area contributed by atoms with Gasteiger partial charge in [-0.15, -0.1) is 0 Å². The zero-order valence-corrected chi connectivity index (χ0v) is 15.1. The quantitative estimate of drug-likeness (QED) is 0.522. The van der Waals surface area contributed by atoms with E-state index in [-0.39, 0.29) is 0 Å². The molecule has 2 aromatic heterocycles. The standard InChI is InChI=1S/C21H21N3O2/c1-15-18(13-19(21(25)26-3)20-11-7-8-12-22-20)16(2)24(23-15)14-17-9-5-4-6-10-17/h4-13H,14H2,1-3H3/b19-13-. The molecule has 5 heteroatoms. The predicted molar refractivity (Wildman–Crippen MR) is 101 cm³/mol. The summed E-state index contributed by atoms with van der Waals surface area (Å²) in [6, 6.07) is 15.6. The summed E-state index contributed by atoms with van der Waals surface area (Å²) >= 11 is 0. The summed E-state index contributed by atoms with van der Waals surface area (Å²) in [5.41, 5.74) is 4.92. The number of hydrogen-bond acceptors (Lipinski definition) is 4. The van der Waals surface area contributed by atoms with Gasteiger partial charge in [-0.1, -0.05) is 36.4 Å². The Morgan fingerprint density at radius 3 is 2.50 bits per heavy atom. The summed E-state index contributed by atoms with van der Waals surface area (Å²) in [5, 5.41) is 4.64. The topological polar surface area (TPSA) is 57.0 Å². The second kappa shape index (κ2) is 7.78. The van der Waals surface area contributed by atoms with Crippen LogP contribution in [0.15, 0.2) is 54.7 Å². The fraction of sp³-hybridized carbons (Fsp3) is 0.190. The number of carbonyl (C=O) groups excluding carboxylic acids is 1. The Balaban J connectivity index is 2.02. The third kappa shape index (κ3) is 3.72. The van der Waals surface area contributed by atoms with Crippen LogP contribution < -0.4 is 0 Å². The van der Waals surface area contributed by atoms with Gasteiger partial charge >= 0.3 is 5.97 Å². The van der Waals surface area contributed by atoms with Crippen LogP contribution in [-0.2, 0) is 16.1 Å². The minimum atomic E-state index is -0.418. The van der Waals surface area contributed by atoms with Crippen molar-refractivity contribution in [2.24, 2.45) is 0 Å². The Hall–Kier alpha value is -3.21. The zero-order valence-electron chi connectivity index (χ0n) is 15.1. The molecule has 0 fully saturated rings. The monoisotopic (exact) mass is 347 g/mol. The number of carbonyl (C=O) groups is 1. The molecular weight excluding hydrogens is 326 g/mol. The fourth-order valence-electron chi connectivity index (χ4n) is 2.84. The van der Waals surface area contributed by atoms with Crippen molar-refractivity contribution in [3.8, 4) is 0 Å². The van der Waals surface area contributed by atoms with Gasteiger partial charge in [0.1, 0.15) is 0 Å².